The molecule has 0 bridgehead atoms. The lowest BCUT2D eigenvalue weighted by Gasteiger charge is -2.29. The van der Waals surface area contributed by atoms with Gasteiger partial charge in [0.05, 0.1) is 27.8 Å². The Morgan fingerprint density at radius 3 is 1.80 bits per heavy atom. The molecule has 280 valence electrons. The number of aromatic nitrogens is 1. The summed E-state index contributed by atoms with van der Waals surface area (Å²) in [4.78, 5) is 2.41. The Bertz CT molecular complexity index is 3810. The molecule has 0 fully saturated rings. The highest BCUT2D eigenvalue weighted by molar-refractivity contribution is 6.20. The highest BCUT2D eigenvalue weighted by Crippen LogP contribution is 2.49. The zero-order chi connectivity index (χ0) is 39.3. The molecule has 3 aromatic heterocycles. The third-order valence-corrected chi connectivity index (χ3v) is 12.3. The molecule has 0 atom stereocenters. The molecule has 0 saturated heterocycles. The molecule has 0 aliphatic rings. The van der Waals surface area contributed by atoms with E-state index >= 15 is 0 Å². The number of hydrogen-bond donors (Lipinski definition) is 0. The Morgan fingerprint density at radius 1 is 0.350 bits per heavy atom. The van der Waals surface area contributed by atoms with Crippen molar-refractivity contribution in [2.75, 3.05) is 4.90 Å². The number of nitrogens with zero attached hydrogens (tertiary/aromatic N) is 2. The number of benzene rings is 10. The second kappa shape index (κ2) is 12.7. The first kappa shape index (κ1) is 32.9. The maximum Gasteiger partial charge on any atom is 0.143 e. The van der Waals surface area contributed by atoms with E-state index in [4.69, 9.17) is 8.83 Å². The third-order valence-electron chi connectivity index (χ3n) is 12.3. The molecule has 0 saturated carbocycles. The lowest BCUT2D eigenvalue weighted by Crippen LogP contribution is -2.12. The van der Waals surface area contributed by atoms with Crippen molar-refractivity contribution in [3.8, 4) is 16.8 Å². The minimum absolute atomic E-state index is 0.839. The van der Waals surface area contributed by atoms with Crippen LogP contribution in [0, 0.1) is 0 Å². The van der Waals surface area contributed by atoms with Gasteiger partial charge in [0, 0.05) is 54.8 Å². The summed E-state index contributed by atoms with van der Waals surface area (Å²) >= 11 is 0. The topological polar surface area (TPSA) is 34.5 Å². The molecule has 4 heteroatoms. The van der Waals surface area contributed by atoms with E-state index in [1.165, 1.54) is 27.2 Å². The molecule has 0 unspecified atom stereocenters. The van der Waals surface area contributed by atoms with Crippen molar-refractivity contribution in [1.29, 1.82) is 0 Å². The van der Waals surface area contributed by atoms with Crippen molar-refractivity contribution in [3.05, 3.63) is 206 Å². The SMILES string of the molecule is c1cc(N(c2ccccc2-c2cccc3c2oc2cc4ccccc4cc23)c2cccc3oc4c5ccccc5ccc4c23)cc(-n2c3ccccc3c3ccccc32)c1. The number of fused-ring (bicyclic) bond motifs is 12. The van der Waals surface area contributed by atoms with Gasteiger partial charge in [0.1, 0.15) is 22.3 Å². The van der Waals surface area contributed by atoms with Crippen molar-refractivity contribution in [1.82, 2.24) is 4.57 Å². The zero-order valence-electron chi connectivity index (χ0n) is 32.3. The second-order valence-corrected chi connectivity index (χ2v) is 15.6. The van der Waals surface area contributed by atoms with E-state index < -0.39 is 0 Å². The van der Waals surface area contributed by atoms with Crippen molar-refractivity contribution in [3.63, 3.8) is 0 Å². The number of para-hydroxylation sites is 4. The van der Waals surface area contributed by atoms with Crippen molar-refractivity contribution < 1.29 is 8.83 Å². The van der Waals surface area contributed by atoms with E-state index in [9.17, 15) is 0 Å². The molecular formula is C56H34N2O2. The lowest BCUT2D eigenvalue weighted by atomic mass is 9.98. The first-order valence-electron chi connectivity index (χ1n) is 20.4. The van der Waals surface area contributed by atoms with Crippen LogP contribution in [0.2, 0.25) is 0 Å². The lowest BCUT2D eigenvalue weighted by molar-refractivity contribution is 0.670. The Labute approximate surface area is 344 Å². The predicted molar refractivity (Wildman–Crippen MR) is 250 cm³/mol. The number of rotatable bonds is 5. The molecule has 4 nitrogen and oxygen atoms in total. The standard InChI is InChI=1S/C56H34N2O2/c1-2-16-37-33-53-47(32-36(37)15-1)45-24-12-23-44(56(45)60-53)43-22-7-10-27-50(43)58(51-28-13-29-52-54(51)46-31-30-35-14-3-4-19-40(35)55(46)59-52)39-18-11-17-38(34-39)57-48-25-8-5-20-41(48)42-21-6-9-26-49(42)57/h1-34H. The first-order chi connectivity index (χ1) is 29.8. The molecule has 13 rings (SSSR count). The smallest absolute Gasteiger partial charge is 0.143 e. The average molecular weight is 767 g/mol. The van der Waals surface area contributed by atoms with Gasteiger partial charge < -0.3 is 18.3 Å². The number of hydrogen-bond acceptors (Lipinski definition) is 3. The molecule has 0 spiro atoms. The minimum atomic E-state index is 0.839. The van der Waals surface area contributed by atoms with Gasteiger partial charge in [-0.2, -0.15) is 0 Å². The van der Waals surface area contributed by atoms with Crippen LogP contribution in [-0.2, 0) is 0 Å². The third kappa shape index (κ3) is 4.79. The van der Waals surface area contributed by atoms with Gasteiger partial charge in [0.15, 0.2) is 0 Å². The van der Waals surface area contributed by atoms with E-state index in [-0.39, 0.29) is 0 Å². The Hall–Kier alpha value is -8.08. The highest BCUT2D eigenvalue weighted by atomic mass is 16.3. The molecule has 0 amide bonds. The number of furan rings is 2. The first-order valence-corrected chi connectivity index (χ1v) is 20.4. The molecule has 60 heavy (non-hydrogen) atoms. The predicted octanol–water partition coefficient (Wildman–Crippen LogP) is 16.0. The molecule has 3 heterocycles. The summed E-state index contributed by atoms with van der Waals surface area (Å²) < 4.78 is 16.0. The minimum Gasteiger partial charge on any atom is -0.455 e. The van der Waals surface area contributed by atoms with E-state index in [0.717, 1.165) is 93.9 Å². The quantitative estimate of drug-likeness (QED) is 0.175. The summed E-state index contributed by atoms with van der Waals surface area (Å²) in [5, 5.41) is 11.4. The highest BCUT2D eigenvalue weighted by Gasteiger charge is 2.25. The van der Waals surface area contributed by atoms with E-state index in [1.54, 1.807) is 0 Å². The van der Waals surface area contributed by atoms with Crippen molar-refractivity contribution >= 4 is 104 Å². The van der Waals surface area contributed by atoms with Crippen LogP contribution < -0.4 is 4.90 Å². The van der Waals surface area contributed by atoms with E-state index in [0.29, 0.717) is 0 Å². The molecular weight excluding hydrogens is 733 g/mol. The van der Waals surface area contributed by atoms with Crippen molar-refractivity contribution in [2.24, 2.45) is 0 Å². The van der Waals surface area contributed by atoms with Gasteiger partial charge in [-0.3, -0.25) is 0 Å². The maximum atomic E-state index is 6.86. The molecule has 10 aromatic carbocycles. The Morgan fingerprint density at radius 2 is 0.967 bits per heavy atom. The second-order valence-electron chi connectivity index (χ2n) is 15.6. The fourth-order valence-electron chi connectivity index (χ4n) is 9.69. The monoisotopic (exact) mass is 766 g/mol. The van der Waals surface area contributed by atoms with Crippen LogP contribution >= 0.6 is 0 Å². The largest absolute Gasteiger partial charge is 0.455 e. The molecule has 0 N–H and O–H groups in total. The summed E-state index contributed by atoms with van der Waals surface area (Å²) in [5.41, 5.74) is 12.1. The fourth-order valence-corrected chi connectivity index (χ4v) is 9.69. The van der Waals surface area contributed by atoms with Gasteiger partial charge in [0.2, 0.25) is 0 Å². The summed E-state index contributed by atoms with van der Waals surface area (Å²) in [5.74, 6) is 0. The average Bonchev–Trinajstić information content (AvgIpc) is 3.99. The van der Waals surface area contributed by atoms with Gasteiger partial charge in [-0.15, -0.1) is 0 Å². The van der Waals surface area contributed by atoms with Crippen LogP contribution in [0.25, 0.3) is 104 Å². The molecule has 0 aliphatic heterocycles. The van der Waals surface area contributed by atoms with Gasteiger partial charge in [-0.05, 0) is 82.9 Å². The fraction of sp³-hybridized carbons (Fsp3) is 0. The summed E-state index contributed by atoms with van der Waals surface area (Å²) in [6.45, 7) is 0. The molecule has 13 aromatic rings. The summed E-state index contributed by atoms with van der Waals surface area (Å²) in [6, 6.07) is 73.7. The Balaban J connectivity index is 1.10. The zero-order valence-corrected chi connectivity index (χ0v) is 32.3. The van der Waals surface area contributed by atoms with E-state index in [2.05, 4.69) is 216 Å². The number of anilines is 3. The summed E-state index contributed by atoms with van der Waals surface area (Å²) in [7, 11) is 0. The molecule has 0 radical (unpaired) electrons. The van der Waals surface area contributed by atoms with Crippen LogP contribution in [0.3, 0.4) is 0 Å². The van der Waals surface area contributed by atoms with Crippen LogP contribution in [0.15, 0.2) is 215 Å². The van der Waals surface area contributed by atoms with Crippen LogP contribution in [0.4, 0.5) is 17.1 Å². The van der Waals surface area contributed by atoms with Gasteiger partial charge >= 0.3 is 0 Å². The summed E-state index contributed by atoms with van der Waals surface area (Å²) in [6.07, 6.45) is 0. The Kier molecular flexibility index (Phi) is 6.98. The van der Waals surface area contributed by atoms with Crippen LogP contribution in [0.5, 0.6) is 0 Å². The van der Waals surface area contributed by atoms with Gasteiger partial charge in [-0.25, -0.2) is 0 Å². The van der Waals surface area contributed by atoms with Crippen molar-refractivity contribution in [2.45, 2.75) is 0 Å². The van der Waals surface area contributed by atoms with Gasteiger partial charge in [-0.1, -0.05) is 140 Å². The van der Waals surface area contributed by atoms with E-state index in [1.807, 2.05) is 0 Å². The van der Waals surface area contributed by atoms with Gasteiger partial charge in [0.25, 0.3) is 0 Å². The van der Waals surface area contributed by atoms with Crippen LogP contribution in [-0.4, -0.2) is 4.57 Å². The molecule has 0 aliphatic carbocycles. The maximum absolute atomic E-state index is 6.86. The van der Waals surface area contributed by atoms with Crippen LogP contribution in [0.1, 0.15) is 0 Å². The normalized spacial score (nSPS) is 12.0.